The molecule has 2 aliphatic rings. The van der Waals surface area contributed by atoms with Crippen molar-refractivity contribution in [2.45, 2.75) is 25.3 Å². The summed E-state index contributed by atoms with van der Waals surface area (Å²) in [4.78, 5) is 18.9. The van der Waals surface area contributed by atoms with Crippen LogP contribution in [0.2, 0.25) is 0 Å². The predicted molar refractivity (Wildman–Crippen MR) is 77.2 cm³/mol. The van der Waals surface area contributed by atoms with E-state index in [-0.39, 0.29) is 0 Å². The molecule has 0 radical (unpaired) electrons. The number of piperazine rings is 1. The summed E-state index contributed by atoms with van der Waals surface area (Å²) in [5, 5.41) is 3.28. The molecule has 1 N–H and O–H groups in total. The van der Waals surface area contributed by atoms with Gasteiger partial charge in [-0.05, 0) is 33.5 Å². The van der Waals surface area contributed by atoms with Gasteiger partial charge in [-0.25, -0.2) is 0 Å². The molecular formula is C14H28N4O. The van der Waals surface area contributed by atoms with Crippen LogP contribution < -0.4 is 5.32 Å². The topological polar surface area (TPSA) is 38.8 Å². The fraction of sp³-hybridized carbons (Fsp3) is 0.929. The van der Waals surface area contributed by atoms with E-state index in [2.05, 4.69) is 29.2 Å². The molecule has 19 heavy (non-hydrogen) atoms. The van der Waals surface area contributed by atoms with Crippen molar-refractivity contribution in [2.24, 2.45) is 0 Å². The monoisotopic (exact) mass is 268 g/mol. The Morgan fingerprint density at radius 1 is 1.26 bits per heavy atom. The van der Waals surface area contributed by atoms with Gasteiger partial charge in [-0.2, -0.15) is 0 Å². The maximum Gasteiger partial charge on any atom is 0.223 e. The fourth-order valence-corrected chi connectivity index (χ4v) is 2.98. The van der Waals surface area contributed by atoms with Crippen LogP contribution in [0, 0.1) is 0 Å². The third kappa shape index (κ3) is 4.44. The molecule has 5 heteroatoms. The second-order valence-electron chi connectivity index (χ2n) is 5.94. The summed E-state index contributed by atoms with van der Waals surface area (Å²) in [5.74, 6) is 0.327. The predicted octanol–water partition coefficient (Wildman–Crippen LogP) is -0.166. The molecule has 2 heterocycles. The van der Waals surface area contributed by atoms with E-state index in [9.17, 15) is 4.79 Å². The first-order valence-electron chi connectivity index (χ1n) is 7.54. The summed E-state index contributed by atoms with van der Waals surface area (Å²) in [6, 6.07) is 0.656. The Hall–Kier alpha value is -0.650. The van der Waals surface area contributed by atoms with Crippen molar-refractivity contribution < 1.29 is 4.79 Å². The highest BCUT2D eigenvalue weighted by molar-refractivity contribution is 5.76. The van der Waals surface area contributed by atoms with Crippen LogP contribution in [-0.4, -0.2) is 86.6 Å². The third-order valence-electron chi connectivity index (χ3n) is 4.32. The Bertz CT molecular complexity index is 289. The molecule has 0 aliphatic carbocycles. The lowest BCUT2D eigenvalue weighted by Gasteiger charge is -2.36. The van der Waals surface area contributed by atoms with Gasteiger partial charge in [0.25, 0.3) is 0 Å². The number of hydrogen-bond acceptors (Lipinski definition) is 4. The SMILES string of the molecule is CN(C)C1CCCN(CCC(=O)N2CCNCC2)C1. The molecule has 5 nitrogen and oxygen atoms in total. The Morgan fingerprint density at radius 2 is 2.00 bits per heavy atom. The number of nitrogens with zero attached hydrogens (tertiary/aromatic N) is 3. The number of nitrogens with one attached hydrogen (secondary N) is 1. The number of amides is 1. The lowest BCUT2D eigenvalue weighted by atomic mass is 10.0. The van der Waals surface area contributed by atoms with E-state index in [0.29, 0.717) is 18.4 Å². The van der Waals surface area contributed by atoms with Gasteiger partial charge in [-0.3, -0.25) is 4.79 Å². The highest BCUT2D eigenvalue weighted by Crippen LogP contribution is 2.14. The minimum absolute atomic E-state index is 0.327. The van der Waals surface area contributed by atoms with E-state index in [1.165, 1.54) is 12.8 Å². The van der Waals surface area contributed by atoms with Gasteiger partial charge < -0.3 is 20.0 Å². The van der Waals surface area contributed by atoms with Crippen LogP contribution in [0.25, 0.3) is 0 Å². The van der Waals surface area contributed by atoms with Crippen LogP contribution in [0.3, 0.4) is 0 Å². The van der Waals surface area contributed by atoms with Gasteiger partial charge in [0.15, 0.2) is 0 Å². The molecule has 0 aromatic rings. The summed E-state index contributed by atoms with van der Waals surface area (Å²) >= 11 is 0. The molecule has 0 bridgehead atoms. The lowest BCUT2D eigenvalue weighted by Crippen LogP contribution is -2.48. The molecule has 1 atom stereocenters. The number of hydrogen-bond donors (Lipinski definition) is 1. The zero-order valence-electron chi connectivity index (χ0n) is 12.4. The highest BCUT2D eigenvalue weighted by Gasteiger charge is 2.22. The van der Waals surface area contributed by atoms with Crippen molar-refractivity contribution in [1.29, 1.82) is 0 Å². The van der Waals surface area contributed by atoms with Crippen molar-refractivity contribution >= 4 is 5.91 Å². The van der Waals surface area contributed by atoms with Crippen molar-refractivity contribution in [3.8, 4) is 0 Å². The van der Waals surface area contributed by atoms with Crippen molar-refractivity contribution in [3.05, 3.63) is 0 Å². The number of rotatable bonds is 4. The Morgan fingerprint density at radius 3 is 2.68 bits per heavy atom. The molecule has 2 fully saturated rings. The number of likely N-dealkylation sites (N-methyl/N-ethyl adjacent to an activating group) is 1. The van der Waals surface area contributed by atoms with E-state index in [1.54, 1.807) is 0 Å². The normalized spacial score (nSPS) is 25.8. The summed E-state index contributed by atoms with van der Waals surface area (Å²) < 4.78 is 0. The van der Waals surface area contributed by atoms with Crippen molar-refractivity contribution in [3.63, 3.8) is 0 Å². The summed E-state index contributed by atoms with van der Waals surface area (Å²) in [7, 11) is 4.31. The average Bonchev–Trinajstić information content (AvgIpc) is 2.46. The smallest absolute Gasteiger partial charge is 0.223 e. The maximum absolute atomic E-state index is 12.1. The summed E-state index contributed by atoms with van der Waals surface area (Å²) in [6.45, 7) is 6.82. The molecule has 0 spiro atoms. The van der Waals surface area contributed by atoms with Crippen LogP contribution in [0.4, 0.5) is 0 Å². The van der Waals surface area contributed by atoms with Crippen LogP contribution in [-0.2, 0) is 4.79 Å². The van der Waals surface area contributed by atoms with E-state index < -0.39 is 0 Å². The summed E-state index contributed by atoms with van der Waals surface area (Å²) in [5.41, 5.74) is 0. The number of carbonyl (C=O) groups is 1. The Kier molecular flexibility index (Phi) is 5.60. The molecule has 2 rings (SSSR count). The second kappa shape index (κ2) is 7.22. The molecule has 2 saturated heterocycles. The van der Waals surface area contributed by atoms with Crippen LogP contribution in [0.15, 0.2) is 0 Å². The van der Waals surface area contributed by atoms with E-state index in [4.69, 9.17) is 0 Å². The van der Waals surface area contributed by atoms with Crippen LogP contribution in [0.1, 0.15) is 19.3 Å². The zero-order valence-corrected chi connectivity index (χ0v) is 12.4. The molecule has 0 saturated carbocycles. The average molecular weight is 268 g/mol. The Labute approximate surface area is 116 Å². The van der Waals surface area contributed by atoms with Gasteiger partial charge >= 0.3 is 0 Å². The van der Waals surface area contributed by atoms with Gasteiger partial charge in [-0.15, -0.1) is 0 Å². The minimum Gasteiger partial charge on any atom is -0.340 e. The van der Waals surface area contributed by atoms with Crippen LogP contribution in [0.5, 0.6) is 0 Å². The number of carbonyl (C=O) groups excluding carboxylic acids is 1. The molecule has 2 aliphatic heterocycles. The first kappa shape index (κ1) is 14.8. The summed E-state index contributed by atoms with van der Waals surface area (Å²) in [6.07, 6.45) is 3.22. The molecular weight excluding hydrogens is 240 g/mol. The molecule has 1 amide bonds. The maximum atomic E-state index is 12.1. The Balaban J connectivity index is 1.70. The minimum atomic E-state index is 0.327. The van der Waals surface area contributed by atoms with Gasteiger partial charge in [0, 0.05) is 51.7 Å². The van der Waals surface area contributed by atoms with E-state index in [1.807, 2.05) is 4.90 Å². The third-order valence-corrected chi connectivity index (χ3v) is 4.32. The first-order chi connectivity index (χ1) is 9.16. The quantitative estimate of drug-likeness (QED) is 0.769. The van der Waals surface area contributed by atoms with E-state index >= 15 is 0 Å². The molecule has 0 aromatic heterocycles. The van der Waals surface area contributed by atoms with Gasteiger partial charge in [0.2, 0.25) is 5.91 Å². The first-order valence-corrected chi connectivity index (χ1v) is 7.54. The van der Waals surface area contributed by atoms with Crippen LogP contribution >= 0.6 is 0 Å². The molecule has 0 aromatic carbocycles. The van der Waals surface area contributed by atoms with E-state index in [0.717, 1.165) is 45.8 Å². The second-order valence-corrected chi connectivity index (χ2v) is 5.94. The van der Waals surface area contributed by atoms with Gasteiger partial charge in [-0.1, -0.05) is 0 Å². The lowest BCUT2D eigenvalue weighted by molar-refractivity contribution is -0.132. The number of piperidine rings is 1. The number of likely N-dealkylation sites (tertiary alicyclic amines) is 1. The largest absolute Gasteiger partial charge is 0.340 e. The molecule has 1 unspecified atom stereocenters. The zero-order chi connectivity index (χ0) is 13.7. The van der Waals surface area contributed by atoms with Crippen molar-refractivity contribution in [2.75, 3.05) is 59.9 Å². The molecule has 110 valence electrons. The highest BCUT2D eigenvalue weighted by atomic mass is 16.2. The van der Waals surface area contributed by atoms with Gasteiger partial charge in [0.1, 0.15) is 0 Å². The fourth-order valence-electron chi connectivity index (χ4n) is 2.98. The van der Waals surface area contributed by atoms with Crippen molar-refractivity contribution in [1.82, 2.24) is 20.0 Å². The van der Waals surface area contributed by atoms with Gasteiger partial charge in [0.05, 0.1) is 0 Å². The standard InChI is InChI=1S/C14H28N4O/c1-16(2)13-4-3-8-17(12-13)9-5-14(19)18-10-6-15-7-11-18/h13,15H,3-12H2,1-2H3.